The third-order valence-corrected chi connectivity index (χ3v) is 7.35. The van der Waals surface area contributed by atoms with E-state index in [1.165, 1.54) is 11.1 Å². The van der Waals surface area contributed by atoms with Crippen molar-refractivity contribution in [2.24, 2.45) is 5.10 Å². The number of piperidine rings is 1. The van der Waals surface area contributed by atoms with Crippen LogP contribution < -0.4 is 4.74 Å². The van der Waals surface area contributed by atoms with Crippen LogP contribution in [0.5, 0.6) is 5.75 Å². The Morgan fingerprint density at radius 3 is 2.56 bits per heavy atom. The monoisotopic (exact) mass is 488 g/mol. The molecular formula is C26H25BrN4O. The van der Waals surface area contributed by atoms with Gasteiger partial charge in [-0.1, -0.05) is 46.3 Å². The summed E-state index contributed by atoms with van der Waals surface area (Å²) in [7, 11) is 0. The Morgan fingerprint density at radius 2 is 1.78 bits per heavy atom. The molecule has 5 nitrogen and oxygen atoms in total. The minimum absolute atomic E-state index is 0.195. The Kier molecular flexibility index (Phi) is 5.00. The van der Waals surface area contributed by atoms with Gasteiger partial charge in [-0.2, -0.15) is 5.10 Å². The van der Waals surface area contributed by atoms with Gasteiger partial charge in [0.05, 0.1) is 11.8 Å². The molecule has 0 amide bonds. The summed E-state index contributed by atoms with van der Waals surface area (Å²) in [6.07, 6.45) is 6.42. The first-order chi connectivity index (χ1) is 15.7. The molecular weight excluding hydrogens is 464 g/mol. The number of hydrogen-bond acceptors (Lipinski definition) is 5. The van der Waals surface area contributed by atoms with Crippen molar-refractivity contribution in [2.45, 2.75) is 37.6 Å². The first kappa shape index (κ1) is 19.9. The Hall–Kier alpha value is -2.70. The molecule has 0 N–H and O–H groups in total. The fourth-order valence-electron chi connectivity index (χ4n) is 5.20. The van der Waals surface area contributed by atoms with Crippen LogP contribution in [-0.2, 0) is 6.54 Å². The number of hydrazone groups is 1. The van der Waals surface area contributed by atoms with Crippen molar-refractivity contribution in [3.8, 4) is 5.75 Å². The van der Waals surface area contributed by atoms with Gasteiger partial charge in [0.1, 0.15) is 5.75 Å². The lowest BCUT2D eigenvalue weighted by molar-refractivity contribution is -0.150. The number of halogens is 1. The Morgan fingerprint density at radius 1 is 1.00 bits per heavy atom. The number of aromatic nitrogens is 1. The maximum atomic E-state index is 6.77. The predicted molar refractivity (Wildman–Crippen MR) is 128 cm³/mol. The van der Waals surface area contributed by atoms with Gasteiger partial charge in [0, 0.05) is 66.9 Å². The average Bonchev–Trinajstić information content (AvgIpc) is 3.30. The Bertz CT molecular complexity index is 1140. The molecule has 1 aromatic heterocycles. The van der Waals surface area contributed by atoms with Gasteiger partial charge < -0.3 is 4.74 Å². The molecule has 162 valence electrons. The lowest BCUT2D eigenvalue weighted by Crippen LogP contribution is -2.59. The molecule has 1 saturated heterocycles. The molecule has 32 heavy (non-hydrogen) atoms. The molecule has 0 bridgehead atoms. The molecule has 0 saturated carbocycles. The molecule has 1 spiro atoms. The number of pyridine rings is 1. The first-order valence-electron chi connectivity index (χ1n) is 11.2. The van der Waals surface area contributed by atoms with Crippen molar-refractivity contribution in [2.75, 3.05) is 13.1 Å². The molecule has 0 aliphatic carbocycles. The van der Waals surface area contributed by atoms with E-state index in [2.05, 4.69) is 91.5 Å². The van der Waals surface area contributed by atoms with Crippen LogP contribution in [0.15, 0.2) is 82.6 Å². The largest absolute Gasteiger partial charge is 0.466 e. The SMILES string of the molecule is Brc1ccc2c(c1)[C@@H]1CC(c3ccncc3)=NN1C1(CCN(Cc3ccccc3)CC1)O2. The summed E-state index contributed by atoms with van der Waals surface area (Å²) in [5.74, 6) is 0.997. The maximum absolute atomic E-state index is 6.77. The van der Waals surface area contributed by atoms with Crippen molar-refractivity contribution < 1.29 is 4.74 Å². The van der Waals surface area contributed by atoms with Gasteiger partial charge in [-0.3, -0.25) is 9.88 Å². The van der Waals surface area contributed by atoms with E-state index in [0.29, 0.717) is 0 Å². The van der Waals surface area contributed by atoms with Gasteiger partial charge in [0.2, 0.25) is 5.72 Å². The van der Waals surface area contributed by atoms with E-state index in [-0.39, 0.29) is 6.04 Å². The smallest absolute Gasteiger partial charge is 0.200 e. The number of likely N-dealkylation sites (tertiary alicyclic amines) is 1. The second-order valence-corrected chi connectivity index (χ2v) is 9.75. The summed E-state index contributed by atoms with van der Waals surface area (Å²) in [6.45, 7) is 2.96. The van der Waals surface area contributed by atoms with E-state index in [4.69, 9.17) is 9.84 Å². The zero-order valence-corrected chi connectivity index (χ0v) is 19.4. The van der Waals surface area contributed by atoms with E-state index in [9.17, 15) is 0 Å². The van der Waals surface area contributed by atoms with Crippen molar-refractivity contribution in [3.63, 3.8) is 0 Å². The second kappa shape index (κ2) is 8.01. The molecule has 3 aliphatic heterocycles. The average molecular weight is 489 g/mol. The van der Waals surface area contributed by atoms with Crippen molar-refractivity contribution >= 4 is 21.6 Å². The third-order valence-electron chi connectivity index (χ3n) is 6.86. The summed E-state index contributed by atoms with van der Waals surface area (Å²) in [6, 6.07) is 21.4. The zero-order valence-electron chi connectivity index (χ0n) is 17.8. The highest BCUT2D eigenvalue weighted by molar-refractivity contribution is 9.10. The maximum Gasteiger partial charge on any atom is 0.200 e. The molecule has 6 rings (SSSR count). The van der Waals surface area contributed by atoms with Gasteiger partial charge in [0.15, 0.2) is 0 Å². The molecule has 1 atom stereocenters. The van der Waals surface area contributed by atoms with E-state index in [1.54, 1.807) is 0 Å². The van der Waals surface area contributed by atoms with E-state index < -0.39 is 5.72 Å². The summed E-state index contributed by atoms with van der Waals surface area (Å²) >= 11 is 3.65. The van der Waals surface area contributed by atoms with Crippen molar-refractivity contribution in [3.05, 3.63) is 94.2 Å². The fourth-order valence-corrected chi connectivity index (χ4v) is 5.58. The summed E-state index contributed by atoms with van der Waals surface area (Å²) in [5.41, 5.74) is 4.43. The minimum atomic E-state index is -0.395. The molecule has 1 fully saturated rings. The van der Waals surface area contributed by atoms with Crippen LogP contribution in [0.4, 0.5) is 0 Å². The van der Waals surface area contributed by atoms with Crippen LogP contribution in [0.3, 0.4) is 0 Å². The van der Waals surface area contributed by atoms with Gasteiger partial charge in [-0.15, -0.1) is 0 Å². The highest BCUT2D eigenvalue weighted by atomic mass is 79.9. The Balaban J connectivity index is 1.31. The van der Waals surface area contributed by atoms with E-state index in [1.807, 2.05) is 12.4 Å². The van der Waals surface area contributed by atoms with Crippen LogP contribution in [0.2, 0.25) is 0 Å². The quantitative estimate of drug-likeness (QED) is 0.496. The number of benzene rings is 2. The van der Waals surface area contributed by atoms with E-state index in [0.717, 1.165) is 60.4 Å². The van der Waals surface area contributed by atoms with Crippen LogP contribution in [0.25, 0.3) is 0 Å². The zero-order chi connectivity index (χ0) is 21.5. The van der Waals surface area contributed by atoms with Crippen molar-refractivity contribution in [1.29, 1.82) is 0 Å². The minimum Gasteiger partial charge on any atom is -0.466 e. The molecule has 0 radical (unpaired) electrons. The topological polar surface area (TPSA) is 41.0 Å². The van der Waals surface area contributed by atoms with Crippen molar-refractivity contribution in [1.82, 2.24) is 14.9 Å². The normalized spacial score (nSPS) is 21.6. The number of ether oxygens (including phenoxy) is 1. The van der Waals surface area contributed by atoms with Crippen LogP contribution in [-0.4, -0.2) is 39.4 Å². The Labute approximate surface area is 196 Å². The molecule has 3 aromatic rings. The fraction of sp³-hybridized carbons (Fsp3) is 0.308. The molecule has 0 unspecified atom stereocenters. The third kappa shape index (κ3) is 3.51. The lowest BCUT2D eigenvalue weighted by atomic mass is 9.90. The molecule has 4 heterocycles. The summed E-state index contributed by atoms with van der Waals surface area (Å²) < 4.78 is 7.85. The summed E-state index contributed by atoms with van der Waals surface area (Å²) in [4.78, 5) is 6.70. The molecule has 3 aliphatic rings. The highest BCUT2D eigenvalue weighted by Crippen LogP contribution is 2.50. The van der Waals surface area contributed by atoms with Gasteiger partial charge >= 0.3 is 0 Å². The van der Waals surface area contributed by atoms with Gasteiger partial charge in [-0.25, -0.2) is 5.01 Å². The van der Waals surface area contributed by atoms with Gasteiger partial charge in [-0.05, 0) is 35.9 Å². The van der Waals surface area contributed by atoms with E-state index >= 15 is 0 Å². The number of rotatable bonds is 3. The highest BCUT2D eigenvalue weighted by Gasteiger charge is 2.51. The standard InChI is InChI=1S/C26H25BrN4O/c27-21-6-7-25-22(16-21)24-17-23(20-8-12-28-13-9-20)29-31(24)26(32-25)10-14-30(15-11-26)18-19-4-2-1-3-5-19/h1-9,12-13,16,24H,10-11,14-15,17-18H2/t24-/m0/s1. The number of hydrogen-bond donors (Lipinski definition) is 0. The second-order valence-electron chi connectivity index (χ2n) is 8.84. The number of nitrogens with zero attached hydrogens (tertiary/aromatic N) is 4. The molecule has 2 aromatic carbocycles. The lowest BCUT2D eigenvalue weighted by Gasteiger charge is -2.51. The van der Waals surface area contributed by atoms with Gasteiger partial charge in [0.25, 0.3) is 0 Å². The number of fused-ring (bicyclic) bond motifs is 4. The first-order valence-corrected chi connectivity index (χ1v) is 12.0. The van der Waals surface area contributed by atoms with Crippen LogP contribution >= 0.6 is 15.9 Å². The summed E-state index contributed by atoms with van der Waals surface area (Å²) in [5, 5.41) is 7.43. The van der Waals surface area contributed by atoms with Crippen LogP contribution in [0, 0.1) is 0 Å². The molecule has 6 heteroatoms. The van der Waals surface area contributed by atoms with Crippen LogP contribution in [0.1, 0.15) is 42.0 Å². The predicted octanol–water partition coefficient (Wildman–Crippen LogP) is 5.38.